The van der Waals surface area contributed by atoms with E-state index in [1.807, 2.05) is 24.0 Å². The topological polar surface area (TPSA) is 79.5 Å². The van der Waals surface area contributed by atoms with Crippen molar-refractivity contribution in [3.8, 4) is 0 Å². The Morgan fingerprint density at radius 3 is 2.84 bits per heavy atom. The Labute approximate surface area is 145 Å². The second-order valence-electron chi connectivity index (χ2n) is 6.84. The van der Waals surface area contributed by atoms with Gasteiger partial charge in [-0.05, 0) is 44.4 Å². The van der Waals surface area contributed by atoms with Crippen molar-refractivity contribution in [2.45, 2.75) is 38.1 Å². The molecule has 2 saturated heterocycles. The van der Waals surface area contributed by atoms with E-state index in [1.165, 1.54) is 12.5 Å². The Morgan fingerprint density at radius 1 is 1.24 bits per heavy atom. The molecule has 0 aromatic carbocycles. The number of likely N-dealkylation sites (tertiary alicyclic amines) is 1. The number of hydrogen-bond acceptors (Lipinski definition) is 5. The summed E-state index contributed by atoms with van der Waals surface area (Å²) in [6.45, 7) is 2.98. The second-order valence-corrected chi connectivity index (χ2v) is 6.84. The lowest BCUT2D eigenvalue weighted by molar-refractivity contribution is -0.118. The van der Waals surface area contributed by atoms with Crippen molar-refractivity contribution in [3.63, 3.8) is 0 Å². The van der Waals surface area contributed by atoms with Crippen LogP contribution >= 0.6 is 0 Å². The first-order valence-corrected chi connectivity index (χ1v) is 8.54. The van der Waals surface area contributed by atoms with Crippen molar-refractivity contribution in [2.24, 2.45) is 0 Å². The van der Waals surface area contributed by atoms with E-state index in [1.54, 1.807) is 11.0 Å². The molecule has 0 saturated carbocycles. The highest BCUT2D eigenvalue weighted by Crippen LogP contribution is 2.39. The highest BCUT2D eigenvalue weighted by molar-refractivity contribution is 5.99. The molecular formula is C18H20N4O3. The summed E-state index contributed by atoms with van der Waals surface area (Å²) in [7, 11) is 0. The molecule has 2 fully saturated rings. The molecule has 2 aliphatic heterocycles. The van der Waals surface area contributed by atoms with Crippen LogP contribution < -0.4 is 4.90 Å². The van der Waals surface area contributed by atoms with E-state index in [-0.39, 0.29) is 11.8 Å². The minimum Gasteiger partial charge on any atom is -0.472 e. The SMILES string of the molecule is Cc1ccc(N2CC3(CCCCN3C(=O)c3ccoc3)CC2=O)nn1. The Kier molecular flexibility index (Phi) is 3.78. The zero-order valence-corrected chi connectivity index (χ0v) is 14.1. The van der Waals surface area contributed by atoms with Gasteiger partial charge < -0.3 is 9.32 Å². The maximum atomic E-state index is 12.9. The van der Waals surface area contributed by atoms with Gasteiger partial charge in [0.2, 0.25) is 5.91 Å². The summed E-state index contributed by atoms with van der Waals surface area (Å²) in [6.07, 6.45) is 6.06. The number of rotatable bonds is 2. The van der Waals surface area contributed by atoms with Gasteiger partial charge in [-0.15, -0.1) is 5.10 Å². The number of piperidine rings is 1. The number of aromatic nitrogens is 2. The number of furan rings is 1. The van der Waals surface area contributed by atoms with Crippen molar-refractivity contribution >= 4 is 17.6 Å². The molecule has 1 unspecified atom stereocenters. The molecule has 25 heavy (non-hydrogen) atoms. The smallest absolute Gasteiger partial charge is 0.257 e. The molecule has 2 amide bonds. The van der Waals surface area contributed by atoms with E-state index in [9.17, 15) is 9.59 Å². The quantitative estimate of drug-likeness (QED) is 0.837. The minimum absolute atomic E-state index is 0.00922. The van der Waals surface area contributed by atoms with Gasteiger partial charge >= 0.3 is 0 Å². The van der Waals surface area contributed by atoms with Crippen molar-refractivity contribution in [1.29, 1.82) is 0 Å². The number of aryl methyl sites for hydroxylation is 1. The molecule has 4 heterocycles. The van der Waals surface area contributed by atoms with Gasteiger partial charge in [-0.3, -0.25) is 14.5 Å². The molecule has 1 atom stereocenters. The fraction of sp³-hybridized carbons (Fsp3) is 0.444. The van der Waals surface area contributed by atoms with Crippen LogP contribution in [0.4, 0.5) is 5.82 Å². The standard InChI is InChI=1S/C18H20N4O3/c1-13-4-5-15(20-19-13)21-12-18(10-16(21)23)7-2-3-8-22(18)17(24)14-6-9-25-11-14/h4-6,9,11H,2-3,7-8,10,12H2,1H3. The van der Waals surface area contributed by atoms with E-state index in [0.717, 1.165) is 25.0 Å². The van der Waals surface area contributed by atoms with E-state index in [4.69, 9.17) is 4.42 Å². The number of hydrogen-bond donors (Lipinski definition) is 0. The van der Waals surface area contributed by atoms with Crippen LogP contribution in [-0.4, -0.2) is 45.5 Å². The van der Waals surface area contributed by atoms with E-state index in [2.05, 4.69) is 10.2 Å². The third-order valence-electron chi connectivity index (χ3n) is 5.15. The highest BCUT2D eigenvalue weighted by Gasteiger charge is 2.51. The molecule has 0 bridgehead atoms. The maximum Gasteiger partial charge on any atom is 0.257 e. The van der Waals surface area contributed by atoms with Crippen LogP contribution in [0.25, 0.3) is 0 Å². The number of nitrogens with zero attached hydrogens (tertiary/aromatic N) is 4. The summed E-state index contributed by atoms with van der Waals surface area (Å²) >= 11 is 0. The first-order chi connectivity index (χ1) is 12.1. The molecule has 7 nitrogen and oxygen atoms in total. The third kappa shape index (κ3) is 2.69. The van der Waals surface area contributed by atoms with Crippen LogP contribution in [-0.2, 0) is 4.79 Å². The summed E-state index contributed by atoms with van der Waals surface area (Å²) in [5, 5.41) is 8.19. The van der Waals surface area contributed by atoms with Gasteiger partial charge in [0, 0.05) is 6.54 Å². The van der Waals surface area contributed by atoms with Crippen LogP contribution in [0.15, 0.2) is 35.1 Å². The van der Waals surface area contributed by atoms with Gasteiger partial charge in [0.05, 0.1) is 36.0 Å². The van der Waals surface area contributed by atoms with Crippen molar-refractivity contribution in [3.05, 3.63) is 42.0 Å². The van der Waals surface area contributed by atoms with Gasteiger partial charge in [0.25, 0.3) is 5.91 Å². The van der Waals surface area contributed by atoms with Crippen molar-refractivity contribution in [2.75, 3.05) is 18.0 Å². The van der Waals surface area contributed by atoms with Crippen LogP contribution in [0.2, 0.25) is 0 Å². The van der Waals surface area contributed by atoms with Gasteiger partial charge in [-0.1, -0.05) is 0 Å². The normalized spacial score (nSPS) is 23.5. The van der Waals surface area contributed by atoms with Gasteiger partial charge in [0.1, 0.15) is 6.26 Å². The van der Waals surface area contributed by atoms with Crippen LogP contribution in [0.5, 0.6) is 0 Å². The van der Waals surface area contributed by atoms with E-state index < -0.39 is 5.54 Å². The van der Waals surface area contributed by atoms with Crippen molar-refractivity contribution < 1.29 is 14.0 Å². The molecule has 2 aromatic rings. The molecular weight excluding hydrogens is 320 g/mol. The predicted molar refractivity (Wildman–Crippen MR) is 90.1 cm³/mol. The molecule has 2 aromatic heterocycles. The molecule has 0 aliphatic carbocycles. The second kappa shape index (κ2) is 5.98. The number of carbonyl (C=O) groups excluding carboxylic acids is 2. The van der Waals surface area contributed by atoms with Crippen LogP contribution in [0, 0.1) is 6.92 Å². The highest BCUT2D eigenvalue weighted by atomic mass is 16.3. The molecule has 4 rings (SSSR count). The molecule has 7 heteroatoms. The Bertz CT molecular complexity index is 787. The lowest BCUT2D eigenvalue weighted by Crippen LogP contribution is -2.56. The average molecular weight is 340 g/mol. The van der Waals surface area contributed by atoms with Gasteiger partial charge in [-0.25, -0.2) is 0 Å². The van der Waals surface area contributed by atoms with Gasteiger partial charge in [0.15, 0.2) is 5.82 Å². The molecule has 2 aliphatic rings. The van der Waals surface area contributed by atoms with E-state index in [0.29, 0.717) is 30.9 Å². The Hall–Kier alpha value is -2.70. The van der Waals surface area contributed by atoms with Crippen LogP contribution in [0.3, 0.4) is 0 Å². The summed E-state index contributed by atoms with van der Waals surface area (Å²) in [4.78, 5) is 29.1. The summed E-state index contributed by atoms with van der Waals surface area (Å²) in [5.41, 5.74) is 0.859. The van der Waals surface area contributed by atoms with Crippen LogP contribution in [0.1, 0.15) is 41.7 Å². The number of anilines is 1. The lowest BCUT2D eigenvalue weighted by Gasteiger charge is -2.44. The largest absolute Gasteiger partial charge is 0.472 e. The molecule has 0 N–H and O–H groups in total. The number of carbonyl (C=O) groups is 2. The van der Waals surface area contributed by atoms with Gasteiger partial charge in [-0.2, -0.15) is 5.10 Å². The van der Waals surface area contributed by atoms with E-state index >= 15 is 0 Å². The zero-order valence-electron chi connectivity index (χ0n) is 14.1. The zero-order chi connectivity index (χ0) is 17.4. The average Bonchev–Trinajstić information content (AvgIpc) is 3.25. The fourth-order valence-electron chi connectivity index (χ4n) is 3.86. The minimum atomic E-state index is -0.476. The monoisotopic (exact) mass is 340 g/mol. The third-order valence-corrected chi connectivity index (χ3v) is 5.15. The molecule has 1 spiro atoms. The molecule has 130 valence electrons. The maximum absolute atomic E-state index is 12.9. The Morgan fingerprint density at radius 2 is 2.12 bits per heavy atom. The first kappa shape index (κ1) is 15.8. The Balaban J connectivity index is 1.64. The summed E-state index contributed by atoms with van der Waals surface area (Å²) in [6, 6.07) is 5.32. The summed E-state index contributed by atoms with van der Waals surface area (Å²) < 4.78 is 5.06. The molecule has 0 radical (unpaired) electrons. The van der Waals surface area contributed by atoms with Crippen molar-refractivity contribution in [1.82, 2.24) is 15.1 Å². The summed E-state index contributed by atoms with van der Waals surface area (Å²) in [5.74, 6) is 0.469. The lowest BCUT2D eigenvalue weighted by atomic mass is 9.85. The first-order valence-electron chi connectivity index (χ1n) is 8.54. The fourth-order valence-corrected chi connectivity index (χ4v) is 3.86. The predicted octanol–water partition coefficient (Wildman–Crippen LogP) is 2.18. The number of amides is 2.